The number of primary amides is 1. The highest BCUT2D eigenvalue weighted by Crippen LogP contribution is 2.37. The average molecular weight is 435 g/mol. The minimum Gasteiger partial charge on any atom is -0.457 e. The zero-order valence-electron chi connectivity index (χ0n) is 18.9. The van der Waals surface area contributed by atoms with Crippen LogP contribution in [-0.2, 0) is 6.54 Å². The van der Waals surface area contributed by atoms with Gasteiger partial charge in [0.05, 0.1) is 5.69 Å². The van der Waals surface area contributed by atoms with Crippen LogP contribution in [0.3, 0.4) is 0 Å². The van der Waals surface area contributed by atoms with Gasteiger partial charge in [-0.25, -0.2) is 0 Å². The van der Waals surface area contributed by atoms with Crippen LogP contribution in [0.5, 0.6) is 11.5 Å². The molecular weight excluding hydrogens is 400 g/mol. The molecule has 6 heteroatoms. The first-order valence-corrected chi connectivity index (χ1v) is 11.6. The SMILES string of the molecule is CCCCCCCCCCn1nc(N)c(C(N)=O)c1-c1ccccc1Oc1ccccc1. The van der Waals surface area contributed by atoms with E-state index in [1.165, 1.54) is 38.5 Å². The standard InChI is InChI=1S/C26H34N4O2/c1-2-3-4-5-6-7-8-14-19-30-24(23(26(28)31)25(27)29-30)21-17-12-13-18-22(21)32-20-15-10-9-11-16-20/h9-13,15-18H,2-8,14,19H2,1H3,(H2,27,29)(H2,28,31). The van der Waals surface area contributed by atoms with Gasteiger partial charge in [0, 0.05) is 12.1 Å². The fourth-order valence-electron chi connectivity index (χ4n) is 3.92. The second-order valence-corrected chi connectivity index (χ2v) is 8.08. The van der Waals surface area contributed by atoms with Crippen LogP contribution >= 0.6 is 0 Å². The van der Waals surface area contributed by atoms with Crippen molar-refractivity contribution in [3.8, 4) is 22.8 Å². The van der Waals surface area contributed by atoms with Gasteiger partial charge in [-0.3, -0.25) is 9.48 Å². The third-order valence-corrected chi connectivity index (χ3v) is 5.56. The van der Waals surface area contributed by atoms with E-state index in [1.807, 2.05) is 54.6 Å². The van der Waals surface area contributed by atoms with E-state index in [-0.39, 0.29) is 11.4 Å². The molecule has 3 aromatic rings. The first-order valence-electron chi connectivity index (χ1n) is 11.6. The molecule has 0 aliphatic carbocycles. The number of amides is 1. The Labute approximate surface area is 190 Å². The van der Waals surface area contributed by atoms with Gasteiger partial charge in [-0.05, 0) is 30.7 Å². The van der Waals surface area contributed by atoms with Crippen LogP contribution in [0, 0.1) is 0 Å². The van der Waals surface area contributed by atoms with E-state index in [0.717, 1.165) is 18.4 Å². The number of carbonyl (C=O) groups excluding carboxylic acids is 1. The number of carbonyl (C=O) groups is 1. The first-order chi connectivity index (χ1) is 15.6. The fourth-order valence-corrected chi connectivity index (χ4v) is 3.92. The highest BCUT2D eigenvalue weighted by atomic mass is 16.5. The van der Waals surface area contributed by atoms with Gasteiger partial charge in [0.2, 0.25) is 0 Å². The van der Waals surface area contributed by atoms with Crippen molar-refractivity contribution >= 4 is 11.7 Å². The molecule has 0 radical (unpaired) electrons. The van der Waals surface area contributed by atoms with Crippen molar-refractivity contribution in [3.63, 3.8) is 0 Å². The van der Waals surface area contributed by atoms with Gasteiger partial charge in [-0.2, -0.15) is 5.10 Å². The van der Waals surface area contributed by atoms with Crippen LogP contribution in [0.15, 0.2) is 54.6 Å². The number of nitrogen functional groups attached to an aromatic ring is 1. The molecule has 0 unspecified atom stereocenters. The lowest BCUT2D eigenvalue weighted by atomic mass is 10.0. The van der Waals surface area contributed by atoms with Gasteiger partial charge >= 0.3 is 0 Å². The number of rotatable bonds is 13. The molecule has 6 nitrogen and oxygen atoms in total. The maximum atomic E-state index is 12.2. The second-order valence-electron chi connectivity index (χ2n) is 8.08. The molecule has 1 aromatic heterocycles. The topological polar surface area (TPSA) is 96.2 Å². The summed E-state index contributed by atoms with van der Waals surface area (Å²) in [7, 11) is 0. The molecule has 0 spiro atoms. The van der Waals surface area contributed by atoms with Crippen LogP contribution in [0.1, 0.15) is 68.6 Å². The smallest absolute Gasteiger partial charge is 0.254 e. The molecule has 1 amide bonds. The molecule has 0 aliphatic heterocycles. The van der Waals surface area contributed by atoms with E-state index in [9.17, 15) is 4.79 Å². The normalized spacial score (nSPS) is 10.9. The van der Waals surface area contributed by atoms with Crippen molar-refractivity contribution in [2.45, 2.75) is 64.8 Å². The summed E-state index contributed by atoms with van der Waals surface area (Å²) < 4.78 is 7.92. The monoisotopic (exact) mass is 434 g/mol. The lowest BCUT2D eigenvalue weighted by Crippen LogP contribution is -2.14. The van der Waals surface area contributed by atoms with Gasteiger partial charge in [0.25, 0.3) is 5.91 Å². The van der Waals surface area contributed by atoms with Gasteiger partial charge in [-0.1, -0.05) is 82.2 Å². The van der Waals surface area contributed by atoms with Gasteiger partial charge in [0.15, 0.2) is 5.82 Å². The van der Waals surface area contributed by atoms with Crippen LogP contribution in [-0.4, -0.2) is 15.7 Å². The van der Waals surface area contributed by atoms with E-state index < -0.39 is 5.91 Å². The minimum atomic E-state index is -0.589. The zero-order chi connectivity index (χ0) is 22.8. The third-order valence-electron chi connectivity index (χ3n) is 5.56. The summed E-state index contributed by atoms with van der Waals surface area (Å²) in [4.78, 5) is 12.2. The number of aromatic nitrogens is 2. The Bertz CT molecular complexity index is 998. The molecule has 0 saturated heterocycles. The van der Waals surface area contributed by atoms with Crippen molar-refractivity contribution in [3.05, 3.63) is 60.2 Å². The zero-order valence-corrected chi connectivity index (χ0v) is 18.9. The van der Waals surface area contributed by atoms with Crippen LogP contribution in [0.25, 0.3) is 11.3 Å². The summed E-state index contributed by atoms with van der Waals surface area (Å²) in [6.45, 7) is 2.90. The third kappa shape index (κ3) is 6.13. The maximum absolute atomic E-state index is 12.2. The van der Waals surface area contributed by atoms with Crippen LogP contribution in [0.2, 0.25) is 0 Å². The molecule has 3 rings (SSSR count). The summed E-state index contributed by atoms with van der Waals surface area (Å²) in [5.41, 5.74) is 13.4. The number of nitrogens with two attached hydrogens (primary N) is 2. The molecule has 32 heavy (non-hydrogen) atoms. The quantitative estimate of drug-likeness (QED) is 0.315. The Hall–Kier alpha value is -3.28. The van der Waals surface area contributed by atoms with E-state index in [1.54, 1.807) is 4.68 Å². The molecule has 170 valence electrons. The van der Waals surface area contributed by atoms with Crippen molar-refractivity contribution < 1.29 is 9.53 Å². The predicted octanol–water partition coefficient (Wildman–Crippen LogP) is 6.16. The van der Waals surface area contributed by atoms with Crippen molar-refractivity contribution in [2.24, 2.45) is 5.73 Å². The number of para-hydroxylation sites is 2. The second kappa shape index (κ2) is 11.9. The van der Waals surface area contributed by atoms with Crippen molar-refractivity contribution in [2.75, 3.05) is 5.73 Å². The molecule has 0 aliphatic rings. The number of anilines is 1. The summed E-state index contributed by atoms with van der Waals surface area (Å²) in [6, 6.07) is 17.1. The molecule has 0 bridgehead atoms. The van der Waals surface area contributed by atoms with Crippen molar-refractivity contribution in [1.29, 1.82) is 0 Å². The van der Waals surface area contributed by atoms with Crippen LogP contribution in [0.4, 0.5) is 5.82 Å². The highest BCUT2D eigenvalue weighted by molar-refractivity contribution is 6.03. The minimum absolute atomic E-state index is 0.154. The van der Waals surface area contributed by atoms with E-state index in [0.29, 0.717) is 23.7 Å². The molecule has 0 saturated carbocycles. The van der Waals surface area contributed by atoms with Crippen molar-refractivity contribution in [1.82, 2.24) is 9.78 Å². The number of benzene rings is 2. The summed E-state index contributed by atoms with van der Waals surface area (Å²) >= 11 is 0. The average Bonchev–Trinajstić information content (AvgIpc) is 3.12. The first kappa shape index (κ1) is 23.4. The number of aryl methyl sites for hydroxylation is 1. The van der Waals surface area contributed by atoms with E-state index in [4.69, 9.17) is 16.2 Å². The maximum Gasteiger partial charge on any atom is 0.254 e. The van der Waals surface area contributed by atoms with Gasteiger partial charge < -0.3 is 16.2 Å². The van der Waals surface area contributed by atoms with E-state index in [2.05, 4.69) is 12.0 Å². The Morgan fingerprint density at radius 3 is 2.22 bits per heavy atom. The molecule has 0 fully saturated rings. The number of nitrogens with zero attached hydrogens (tertiary/aromatic N) is 2. The molecule has 2 aromatic carbocycles. The number of hydrogen-bond donors (Lipinski definition) is 2. The molecular formula is C26H34N4O2. The van der Waals surface area contributed by atoms with Crippen LogP contribution < -0.4 is 16.2 Å². The highest BCUT2D eigenvalue weighted by Gasteiger charge is 2.24. The predicted molar refractivity (Wildman–Crippen MR) is 130 cm³/mol. The Morgan fingerprint density at radius 1 is 0.906 bits per heavy atom. The Morgan fingerprint density at radius 2 is 1.53 bits per heavy atom. The number of hydrogen-bond acceptors (Lipinski definition) is 4. The number of unbranched alkanes of at least 4 members (excludes halogenated alkanes) is 7. The van der Waals surface area contributed by atoms with E-state index >= 15 is 0 Å². The largest absolute Gasteiger partial charge is 0.457 e. The molecule has 1 heterocycles. The molecule has 0 atom stereocenters. The summed E-state index contributed by atoms with van der Waals surface area (Å²) in [5.74, 6) is 0.900. The van der Waals surface area contributed by atoms with Gasteiger partial charge in [0.1, 0.15) is 17.1 Å². The van der Waals surface area contributed by atoms with Gasteiger partial charge in [-0.15, -0.1) is 0 Å². The summed E-state index contributed by atoms with van der Waals surface area (Å²) in [6.07, 6.45) is 9.72. The lowest BCUT2D eigenvalue weighted by Gasteiger charge is -2.14. The fraction of sp³-hybridized carbons (Fsp3) is 0.385. The number of ether oxygens (including phenoxy) is 1. The lowest BCUT2D eigenvalue weighted by molar-refractivity contribution is 0.100. The Kier molecular flexibility index (Phi) is 8.72. The Balaban J connectivity index is 1.79. The molecule has 4 N–H and O–H groups in total. The summed E-state index contributed by atoms with van der Waals surface area (Å²) in [5, 5.41) is 4.45.